The normalized spacial score (nSPS) is 20.8. The van der Waals surface area contributed by atoms with Gasteiger partial charge in [-0.05, 0) is 57.8 Å². The summed E-state index contributed by atoms with van der Waals surface area (Å²) in [5.41, 5.74) is 0. The predicted octanol–water partition coefficient (Wildman–Crippen LogP) is 9.02. The van der Waals surface area contributed by atoms with Crippen molar-refractivity contribution in [2.75, 3.05) is 47.5 Å². The summed E-state index contributed by atoms with van der Waals surface area (Å²) in [4.78, 5) is 35.6. The van der Waals surface area contributed by atoms with Crippen LogP contribution in [0.25, 0.3) is 0 Å². The minimum atomic E-state index is -4.46. The zero-order valence-electron chi connectivity index (χ0n) is 38.0. The number of phosphoric ester groups is 1. The van der Waals surface area contributed by atoms with E-state index in [0.717, 1.165) is 57.8 Å². The minimum Gasteiger partial charge on any atom is -0.462 e. The van der Waals surface area contributed by atoms with E-state index < -0.39 is 57.1 Å². The third-order valence-electron chi connectivity index (χ3n) is 10.4. The number of ether oxygens (including phenoxy) is 3. The average Bonchev–Trinajstić information content (AvgIpc) is 3.18. The summed E-state index contributed by atoms with van der Waals surface area (Å²) in [6.07, 6.45) is 28.1. The zero-order chi connectivity index (χ0) is 44.5. The van der Waals surface area contributed by atoms with Crippen LogP contribution < -0.4 is 0 Å². The van der Waals surface area contributed by atoms with Crippen molar-refractivity contribution in [2.24, 2.45) is 5.92 Å². The van der Waals surface area contributed by atoms with Crippen LogP contribution >= 0.6 is 7.82 Å². The molecule has 0 aliphatic carbocycles. The molecule has 0 bridgehead atoms. The van der Waals surface area contributed by atoms with Gasteiger partial charge < -0.3 is 38.9 Å². The molecule has 2 unspecified atom stereocenters. The Morgan fingerprint density at radius 3 is 2.02 bits per heavy atom. The van der Waals surface area contributed by atoms with Crippen LogP contribution in [0.2, 0.25) is 0 Å². The topological polar surface area (TPSA) is 178 Å². The van der Waals surface area contributed by atoms with E-state index in [1.165, 1.54) is 38.5 Å². The Morgan fingerprint density at radius 2 is 1.35 bits per heavy atom. The van der Waals surface area contributed by atoms with Gasteiger partial charge in [-0.15, -0.1) is 0 Å². The third-order valence-corrected chi connectivity index (χ3v) is 11.4. The summed E-state index contributed by atoms with van der Waals surface area (Å²) < 4.78 is 39.9. The van der Waals surface area contributed by atoms with Crippen LogP contribution in [-0.4, -0.2) is 115 Å². The van der Waals surface area contributed by atoms with Gasteiger partial charge in [0.2, 0.25) is 0 Å². The maximum Gasteiger partial charge on any atom is 0.472 e. The van der Waals surface area contributed by atoms with E-state index in [-0.39, 0.29) is 38.4 Å². The van der Waals surface area contributed by atoms with E-state index in [1.54, 1.807) is 12.2 Å². The minimum absolute atomic E-state index is 0.0194. The van der Waals surface area contributed by atoms with Gasteiger partial charge in [0.15, 0.2) is 12.4 Å². The maximum absolute atomic E-state index is 12.8. The summed E-state index contributed by atoms with van der Waals surface area (Å²) in [5, 5.41) is 31.0. The van der Waals surface area contributed by atoms with Gasteiger partial charge in [-0.25, -0.2) is 4.57 Å². The van der Waals surface area contributed by atoms with E-state index in [2.05, 4.69) is 26.0 Å². The molecule has 13 nitrogen and oxygen atoms in total. The lowest BCUT2D eigenvalue weighted by Crippen LogP contribution is -2.43. The molecule has 4 N–H and O–H groups in total. The molecule has 1 heterocycles. The van der Waals surface area contributed by atoms with Gasteiger partial charge in [-0.2, -0.15) is 0 Å². The first-order chi connectivity index (χ1) is 28.7. The first kappa shape index (κ1) is 56.1. The molecule has 60 heavy (non-hydrogen) atoms. The van der Waals surface area contributed by atoms with Crippen molar-refractivity contribution in [3.63, 3.8) is 0 Å². The lowest BCUT2D eigenvalue weighted by atomic mass is 9.87. The van der Waals surface area contributed by atoms with E-state index >= 15 is 0 Å². The van der Waals surface area contributed by atoms with Gasteiger partial charge in [0.25, 0.3) is 0 Å². The largest absolute Gasteiger partial charge is 0.472 e. The molecular formula is C46H85NO12P+. The lowest BCUT2D eigenvalue weighted by Gasteiger charge is -2.36. The second-order valence-electron chi connectivity index (χ2n) is 17.3. The first-order valence-electron chi connectivity index (χ1n) is 23.1. The van der Waals surface area contributed by atoms with Crippen molar-refractivity contribution in [3.05, 3.63) is 36.5 Å². The van der Waals surface area contributed by atoms with Crippen LogP contribution in [0.1, 0.15) is 162 Å². The molecule has 1 aliphatic heterocycles. The summed E-state index contributed by atoms with van der Waals surface area (Å²) >= 11 is 0. The summed E-state index contributed by atoms with van der Waals surface area (Å²) in [6.45, 7) is 3.98. The Morgan fingerprint density at radius 1 is 0.767 bits per heavy atom. The maximum atomic E-state index is 12.8. The highest BCUT2D eigenvalue weighted by Crippen LogP contribution is 2.43. The number of aliphatic hydroxyl groups is 3. The lowest BCUT2D eigenvalue weighted by molar-refractivity contribution is -0.870. The van der Waals surface area contributed by atoms with Gasteiger partial charge in [-0.3, -0.25) is 18.6 Å². The zero-order valence-corrected chi connectivity index (χ0v) is 38.9. The van der Waals surface area contributed by atoms with E-state index in [4.69, 9.17) is 23.3 Å². The number of hydrogen-bond donors (Lipinski definition) is 4. The monoisotopic (exact) mass is 875 g/mol. The second-order valence-corrected chi connectivity index (χ2v) is 18.8. The molecule has 0 radical (unpaired) electrons. The van der Waals surface area contributed by atoms with Gasteiger partial charge in [0.1, 0.15) is 19.8 Å². The SMILES string of the molecule is CCCCCCCC/C=C\CCCCCCCC(=O)OC[C@H](COP(=O)(O)OCC[N+](C)(C)C)OC(=O)CCC/C=C\C[C@H]1[C@@H](O)CC(O)O[C@@H]1/C=C/[C@@H](O)CCCCC. The Kier molecular flexibility index (Phi) is 32.3. The number of unbranched alkanes of at least 4 members (excludes halogenated alkanes) is 14. The summed E-state index contributed by atoms with van der Waals surface area (Å²) in [6, 6.07) is 0. The fourth-order valence-corrected chi connectivity index (χ4v) is 7.44. The Bertz CT molecular complexity index is 1240. The van der Waals surface area contributed by atoms with Crippen LogP contribution in [0.15, 0.2) is 36.5 Å². The fourth-order valence-electron chi connectivity index (χ4n) is 6.69. The Labute approximate surface area is 363 Å². The van der Waals surface area contributed by atoms with Crippen LogP contribution in [-0.2, 0) is 37.4 Å². The number of rotatable bonds is 37. The molecule has 1 rings (SSSR count). The van der Waals surface area contributed by atoms with Crippen molar-refractivity contribution in [1.82, 2.24) is 0 Å². The summed E-state index contributed by atoms with van der Waals surface area (Å²) in [7, 11) is 1.30. The van der Waals surface area contributed by atoms with Crippen molar-refractivity contribution >= 4 is 19.8 Å². The Balaban J connectivity index is 2.54. The molecule has 0 aromatic rings. The van der Waals surface area contributed by atoms with Crippen LogP contribution in [0.5, 0.6) is 0 Å². The van der Waals surface area contributed by atoms with Gasteiger partial charge in [-0.1, -0.05) is 121 Å². The molecule has 1 fully saturated rings. The van der Waals surface area contributed by atoms with E-state index in [9.17, 15) is 34.4 Å². The molecule has 1 saturated heterocycles. The third kappa shape index (κ3) is 31.8. The number of hydrogen-bond acceptors (Lipinski definition) is 11. The quantitative estimate of drug-likeness (QED) is 0.0153. The van der Waals surface area contributed by atoms with Crippen molar-refractivity contribution < 1.29 is 62.1 Å². The Hall–Kier alpha value is -1.93. The van der Waals surface area contributed by atoms with Gasteiger partial charge in [0, 0.05) is 25.2 Å². The molecule has 350 valence electrons. The van der Waals surface area contributed by atoms with Crippen LogP contribution in [0, 0.1) is 5.92 Å². The van der Waals surface area contributed by atoms with Crippen molar-refractivity contribution in [3.8, 4) is 0 Å². The van der Waals surface area contributed by atoms with Crippen molar-refractivity contribution in [1.29, 1.82) is 0 Å². The number of allylic oxidation sites excluding steroid dienone is 4. The summed E-state index contributed by atoms with van der Waals surface area (Å²) in [5.74, 6) is -1.32. The molecule has 7 atom stereocenters. The number of likely N-dealkylation sites (N-methyl/N-ethyl adjacent to an activating group) is 1. The molecule has 1 aliphatic rings. The number of esters is 2. The standard InChI is InChI=1S/C46H84NO12P/c1-6-8-10-11-12-13-14-15-16-17-18-19-20-21-26-30-44(50)55-37-40(38-57-60(53,54)56-35-34-47(3,4)5)58-45(51)31-27-23-22-25-29-41-42(49)36-46(52)59-43(41)33-32-39(48)28-24-9-7-2/h15-16,22,25,32-33,39-43,46,48-49,52H,6-14,17-21,23-24,26-31,34-38H2,1-5H3/p+1/b16-15-,25-22-,33-32+/t39-,40+,41-,42-,43+,46?/m0/s1. The molecule has 0 amide bonds. The highest BCUT2D eigenvalue weighted by atomic mass is 31.2. The molecule has 0 aromatic heterocycles. The second kappa shape index (κ2) is 34.5. The van der Waals surface area contributed by atoms with Crippen LogP contribution in [0.3, 0.4) is 0 Å². The van der Waals surface area contributed by atoms with Gasteiger partial charge >= 0.3 is 19.8 Å². The van der Waals surface area contributed by atoms with E-state index in [0.29, 0.717) is 43.1 Å². The van der Waals surface area contributed by atoms with Crippen molar-refractivity contribution in [2.45, 2.75) is 192 Å². The number of aliphatic hydroxyl groups excluding tert-OH is 3. The molecule has 0 saturated carbocycles. The predicted molar refractivity (Wildman–Crippen MR) is 237 cm³/mol. The number of nitrogens with zero attached hydrogens (tertiary/aromatic N) is 1. The number of carbonyl (C=O) groups excluding carboxylic acids is 2. The van der Waals surface area contributed by atoms with Crippen LogP contribution in [0.4, 0.5) is 0 Å². The highest BCUT2D eigenvalue weighted by Gasteiger charge is 2.35. The van der Waals surface area contributed by atoms with Gasteiger partial charge in [0.05, 0.1) is 46.1 Å². The molecule has 0 spiro atoms. The highest BCUT2D eigenvalue weighted by molar-refractivity contribution is 7.47. The fraction of sp³-hybridized carbons (Fsp3) is 0.826. The smallest absolute Gasteiger partial charge is 0.462 e. The number of carbonyl (C=O) groups is 2. The number of phosphoric acid groups is 1. The number of quaternary nitrogens is 1. The first-order valence-corrected chi connectivity index (χ1v) is 24.6. The van der Waals surface area contributed by atoms with E-state index in [1.807, 2.05) is 33.3 Å². The molecular weight excluding hydrogens is 789 g/mol. The molecule has 0 aromatic carbocycles. The average molecular weight is 875 g/mol. The molecule has 14 heteroatoms.